The van der Waals surface area contributed by atoms with E-state index in [1.54, 1.807) is 6.07 Å². The molecule has 0 fully saturated rings. The maximum Gasteiger partial charge on any atom is 0.343 e. The molecule has 2 aromatic rings. The van der Waals surface area contributed by atoms with Gasteiger partial charge in [0.15, 0.2) is 0 Å². The summed E-state index contributed by atoms with van der Waals surface area (Å²) in [5.74, 6) is -0.156. The van der Waals surface area contributed by atoms with Gasteiger partial charge < -0.3 is 24.8 Å². The number of methoxy groups -OCH3 is 2. The van der Waals surface area contributed by atoms with Gasteiger partial charge in [-0.15, -0.1) is 0 Å². The lowest BCUT2D eigenvalue weighted by atomic mass is 10.1. The van der Waals surface area contributed by atoms with E-state index in [4.69, 9.17) is 14.2 Å². The first-order valence-electron chi connectivity index (χ1n) is 7.96. The Morgan fingerprint density at radius 1 is 0.704 bits per heavy atom. The maximum atomic E-state index is 12.6. The van der Waals surface area contributed by atoms with E-state index >= 15 is 0 Å². The van der Waals surface area contributed by atoms with Crippen molar-refractivity contribution in [1.29, 1.82) is 0 Å². The van der Waals surface area contributed by atoms with Gasteiger partial charge in [0, 0.05) is 43.4 Å². The van der Waals surface area contributed by atoms with E-state index in [0.29, 0.717) is 22.9 Å². The monoisotopic (exact) mass is 372 g/mol. The Bertz CT molecular complexity index is 822. The van der Waals surface area contributed by atoms with Crippen LogP contribution in [0.3, 0.4) is 0 Å². The van der Waals surface area contributed by atoms with Crippen LogP contribution >= 0.6 is 0 Å². The molecule has 8 nitrogen and oxygen atoms in total. The highest BCUT2D eigenvalue weighted by molar-refractivity contribution is 5.98. The number of nitrogens with one attached hydrogen (secondary N) is 2. The van der Waals surface area contributed by atoms with Crippen LogP contribution in [0.4, 0.5) is 11.4 Å². The summed E-state index contributed by atoms with van der Waals surface area (Å²) in [6.07, 6.45) is 0. The molecule has 0 aliphatic heterocycles. The van der Waals surface area contributed by atoms with Crippen LogP contribution < -0.4 is 24.8 Å². The van der Waals surface area contributed by atoms with Crippen LogP contribution in [0.2, 0.25) is 0 Å². The fourth-order valence-corrected chi connectivity index (χ4v) is 2.30. The summed E-state index contributed by atoms with van der Waals surface area (Å²) in [4.78, 5) is 35.2. The lowest BCUT2D eigenvalue weighted by Gasteiger charge is -2.12. The molecule has 2 aromatic carbocycles. The third-order valence-electron chi connectivity index (χ3n) is 3.34. The first-order chi connectivity index (χ1) is 12.8. The first-order valence-corrected chi connectivity index (χ1v) is 7.96. The fraction of sp³-hybridized carbons (Fsp3) is 0.211. The predicted octanol–water partition coefficient (Wildman–Crippen LogP) is 2.84. The third-order valence-corrected chi connectivity index (χ3v) is 3.34. The van der Waals surface area contributed by atoms with Crippen LogP contribution in [0.1, 0.15) is 24.2 Å². The van der Waals surface area contributed by atoms with Gasteiger partial charge in [-0.3, -0.25) is 9.59 Å². The molecule has 0 spiro atoms. The summed E-state index contributed by atoms with van der Waals surface area (Å²) in [5, 5.41) is 5.15. The molecule has 0 bridgehead atoms. The Balaban J connectivity index is 2.34. The molecule has 0 aromatic heterocycles. The quantitative estimate of drug-likeness (QED) is 0.597. The number of amides is 2. The van der Waals surface area contributed by atoms with Crippen molar-refractivity contribution in [3.05, 3.63) is 42.0 Å². The second kappa shape index (κ2) is 8.70. The minimum absolute atomic E-state index is 0.145. The van der Waals surface area contributed by atoms with Gasteiger partial charge in [-0.1, -0.05) is 0 Å². The molecule has 27 heavy (non-hydrogen) atoms. The number of ether oxygens (including phenoxy) is 3. The second-order valence-corrected chi connectivity index (χ2v) is 5.60. The normalized spacial score (nSPS) is 9.93. The first kappa shape index (κ1) is 19.8. The average molecular weight is 372 g/mol. The van der Waals surface area contributed by atoms with Gasteiger partial charge in [0.05, 0.1) is 19.8 Å². The van der Waals surface area contributed by atoms with Crippen molar-refractivity contribution in [3.8, 4) is 17.2 Å². The highest BCUT2D eigenvalue weighted by atomic mass is 16.5. The van der Waals surface area contributed by atoms with Crippen LogP contribution in [0, 0.1) is 0 Å². The molecule has 8 heteroatoms. The second-order valence-electron chi connectivity index (χ2n) is 5.60. The predicted molar refractivity (Wildman–Crippen MR) is 99.6 cm³/mol. The average Bonchev–Trinajstić information content (AvgIpc) is 2.59. The van der Waals surface area contributed by atoms with Gasteiger partial charge in [0.1, 0.15) is 17.2 Å². The topological polar surface area (TPSA) is 103 Å². The van der Waals surface area contributed by atoms with Gasteiger partial charge in [0.2, 0.25) is 11.8 Å². The molecular formula is C19H20N2O6. The molecular weight excluding hydrogens is 352 g/mol. The zero-order chi connectivity index (χ0) is 20.0. The fourth-order valence-electron chi connectivity index (χ4n) is 2.30. The molecule has 0 saturated heterocycles. The van der Waals surface area contributed by atoms with Gasteiger partial charge in [-0.25, -0.2) is 4.79 Å². The van der Waals surface area contributed by atoms with Crippen molar-refractivity contribution in [2.24, 2.45) is 0 Å². The Kier molecular flexibility index (Phi) is 6.37. The van der Waals surface area contributed by atoms with E-state index in [0.717, 1.165) is 0 Å². The van der Waals surface area contributed by atoms with Crippen molar-refractivity contribution in [3.63, 3.8) is 0 Å². The zero-order valence-corrected chi connectivity index (χ0v) is 15.4. The van der Waals surface area contributed by atoms with E-state index in [1.807, 2.05) is 0 Å². The highest BCUT2D eigenvalue weighted by Gasteiger charge is 2.14. The van der Waals surface area contributed by atoms with E-state index < -0.39 is 5.97 Å². The lowest BCUT2D eigenvalue weighted by Crippen LogP contribution is -2.13. The minimum atomic E-state index is -0.677. The van der Waals surface area contributed by atoms with Crippen LogP contribution in [-0.2, 0) is 9.59 Å². The highest BCUT2D eigenvalue weighted by Crippen LogP contribution is 2.28. The van der Waals surface area contributed by atoms with Crippen molar-refractivity contribution >= 4 is 29.2 Å². The summed E-state index contributed by atoms with van der Waals surface area (Å²) in [6, 6.07) is 9.15. The molecule has 2 N–H and O–H groups in total. The van der Waals surface area contributed by atoms with Crippen molar-refractivity contribution in [2.45, 2.75) is 13.8 Å². The summed E-state index contributed by atoms with van der Waals surface area (Å²) in [7, 11) is 2.97. The number of rotatable bonds is 6. The molecule has 0 aliphatic rings. The molecule has 2 rings (SSSR count). The van der Waals surface area contributed by atoms with Gasteiger partial charge in [-0.05, 0) is 18.2 Å². The number of carbonyl (C=O) groups is 3. The van der Waals surface area contributed by atoms with E-state index in [9.17, 15) is 14.4 Å². The zero-order valence-electron chi connectivity index (χ0n) is 15.4. The maximum absolute atomic E-state index is 12.6. The third kappa shape index (κ3) is 5.74. The molecule has 0 heterocycles. The smallest absolute Gasteiger partial charge is 0.343 e. The molecule has 142 valence electrons. The van der Waals surface area contributed by atoms with Crippen molar-refractivity contribution < 1.29 is 28.6 Å². The standard InChI is InChI=1S/C19H20N2O6/c1-11(22)20-14-5-13(6-15(7-14)21-12(2)23)19(24)27-18-9-16(25-3)8-17(10-18)26-4/h5-10H,1-4H3,(H,20,22)(H,21,23). The van der Waals surface area contributed by atoms with Gasteiger partial charge >= 0.3 is 5.97 Å². The molecule has 0 saturated carbocycles. The minimum Gasteiger partial charge on any atom is -0.496 e. The van der Waals surface area contributed by atoms with E-state index in [-0.39, 0.29) is 23.1 Å². The summed E-state index contributed by atoms with van der Waals surface area (Å²) in [6.45, 7) is 2.68. The van der Waals surface area contributed by atoms with Crippen LogP contribution in [0.15, 0.2) is 36.4 Å². The molecule has 2 amide bonds. The molecule has 0 atom stereocenters. The Labute approximate surface area is 156 Å². The van der Waals surface area contributed by atoms with E-state index in [1.165, 1.54) is 58.4 Å². The summed E-state index contributed by atoms with van der Waals surface area (Å²) < 4.78 is 15.7. The van der Waals surface area contributed by atoms with Crippen LogP contribution in [0.5, 0.6) is 17.2 Å². The van der Waals surface area contributed by atoms with Gasteiger partial charge in [-0.2, -0.15) is 0 Å². The SMILES string of the molecule is COc1cc(OC)cc(OC(=O)c2cc(NC(C)=O)cc(NC(C)=O)c2)c1. The number of hydrogen-bond donors (Lipinski definition) is 2. The number of anilines is 2. The Morgan fingerprint density at radius 2 is 1.15 bits per heavy atom. The summed E-state index contributed by atoms with van der Waals surface area (Å²) >= 11 is 0. The summed E-state index contributed by atoms with van der Waals surface area (Å²) in [5.41, 5.74) is 0.847. The molecule has 0 aliphatic carbocycles. The number of benzene rings is 2. The number of hydrogen-bond acceptors (Lipinski definition) is 6. The lowest BCUT2D eigenvalue weighted by molar-refractivity contribution is -0.115. The Hall–Kier alpha value is -3.55. The van der Waals surface area contributed by atoms with Crippen molar-refractivity contribution in [2.75, 3.05) is 24.9 Å². The number of esters is 1. The molecule has 0 unspecified atom stereocenters. The van der Waals surface area contributed by atoms with Crippen LogP contribution in [-0.4, -0.2) is 32.0 Å². The van der Waals surface area contributed by atoms with Crippen molar-refractivity contribution in [1.82, 2.24) is 0 Å². The Morgan fingerprint density at radius 3 is 1.56 bits per heavy atom. The largest absolute Gasteiger partial charge is 0.496 e. The van der Waals surface area contributed by atoms with Crippen LogP contribution in [0.25, 0.3) is 0 Å². The van der Waals surface area contributed by atoms with E-state index in [2.05, 4.69) is 10.6 Å². The number of carbonyl (C=O) groups excluding carboxylic acids is 3. The van der Waals surface area contributed by atoms with Gasteiger partial charge in [0.25, 0.3) is 0 Å². The molecule has 0 radical (unpaired) electrons.